The van der Waals surface area contributed by atoms with Gasteiger partial charge in [-0.2, -0.15) is 0 Å². The van der Waals surface area contributed by atoms with Crippen molar-refractivity contribution in [2.75, 3.05) is 19.6 Å². The summed E-state index contributed by atoms with van der Waals surface area (Å²) >= 11 is 0. The van der Waals surface area contributed by atoms with Crippen LogP contribution in [0, 0.1) is 6.92 Å². The summed E-state index contributed by atoms with van der Waals surface area (Å²) in [7, 11) is -3.55. The van der Waals surface area contributed by atoms with Crippen LogP contribution in [0.3, 0.4) is 0 Å². The number of nitrogens with zero attached hydrogens (tertiary/aromatic N) is 1. The Bertz CT molecular complexity index is 635. The maximum Gasteiger partial charge on any atom is 0.254 e. The second-order valence-corrected chi connectivity index (χ2v) is 7.49. The monoisotopic (exact) mass is 324 g/mol. The third-order valence-corrected chi connectivity index (χ3v) is 5.39. The smallest absolute Gasteiger partial charge is 0.254 e. The summed E-state index contributed by atoms with van der Waals surface area (Å²) < 4.78 is 27.0. The predicted molar refractivity (Wildman–Crippen MR) is 86.4 cm³/mol. The number of piperidine rings is 1. The molecule has 5 nitrogen and oxygen atoms in total. The Balaban J connectivity index is 2.28. The lowest BCUT2D eigenvalue weighted by Gasteiger charge is -2.27. The summed E-state index contributed by atoms with van der Waals surface area (Å²) in [5, 5.41) is 0. The van der Waals surface area contributed by atoms with Crippen LogP contribution in [0.15, 0.2) is 23.1 Å². The fourth-order valence-electron chi connectivity index (χ4n) is 2.59. The van der Waals surface area contributed by atoms with Crippen molar-refractivity contribution in [1.29, 1.82) is 0 Å². The van der Waals surface area contributed by atoms with Crippen molar-refractivity contribution in [1.82, 2.24) is 9.62 Å². The van der Waals surface area contributed by atoms with Gasteiger partial charge in [0.05, 0.1) is 4.90 Å². The zero-order valence-electron chi connectivity index (χ0n) is 13.3. The molecule has 1 N–H and O–H groups in total. The van der Waals surface area contributed by atoms with Crippen molar-refractivity contribution < 1.29 is 13.2 Å². The van der Waals surface area contributed by atoms with E-state index in [2.05, 4.69) is 4.72 Å². The van der Waals surface area contributed by atoms with Gasteiger partial charge in [-0.1, -0.05) is 13.0 Å². The molecule has 1 amide bonds. The minimum Gasteiger partial charge on any atom is -0.339 e. The molecule has 122 valence electrons. The quantitative estimate of drug-likeness (QED) is 0.904. The van der Waals surface area contributed by atoms with Crippen molar-refractivity contribution >= 4 is 15.9 Å². The molecule has 0 aromatic heterocycles. The van der Waals surface area contributed by atoms with Gasteiger partial charge in [0, 0.05) is 25.2 Å². The molecule has 1 saturated heterocycles. The molecule has 1 aromatic rings. The lowest BCUT2D eigenvalue weighted by molar-refractivity contribution is 0.0723. The summed E-state index contributed by atoms with van der Waals surface area (Å²) in [6, 6.07) is 4.77. The second-order valence-electron chi connectivity index (χ2n) is 5.73. The molecule has 0 radical (unpaired) electrons. The van der Waals surface area contributed by atoms with Gasteiger partial charge in [0.15, 0.2) is 0 Å². The first-order chi connectivity index (χ1) is 10.5. The average molecular weight is 324 g/mol. The maximum absolute atomic E-state index is 12.6. The van der Waals surface area contributed by atoms with Crippen LogP contribution >= 0.6 is 0 Å². The number of carbonyl (C=O) groups excluding carboxylic acids is 1. The Morgan fingerprint density at radius 1 is 1.23 bits per heavy atom. The summed E-state index contributed by atoms with van der Waals surface area (Å²) in [5.41, 5.74) is 1.30. The van der Waals surface area contributed by atoms with Crippen LogP contribution in [0.5, 0.6) is 0 Å². The van der Waals surface area contributed by atoms with E-state index in [0.29, 0.717) is 12.1 Å². The highest BCUT2D eigenvalue weighted by Crippen LogP contribution is 2.19. The fraction of sp³-hybridized carbons (Fsp3) is 0.562. The predicted octanol–water partition coefficient (Wildman–Crippen LogP) is 2.31. The Morgan fingerprint density at radius 3 is 2.55 bits per heavy atom. The highest BCUT2D eigenvalue weighted by atomic mass is 32.2. The van der Waals surface area contributed by atoms with Crippen LogP contribution in [-0.2, 0) is 10.0 Å². The normalized spacial score (nSPS) is 15.8. The number of sulfonamides is 1. The number of benzene rings is 1. The highest BCUT2D eigenvalue weighted by Gasteiger charge is 2.22. The van der Waals surface area contributed by atoms with E-state index >= 15 is 0 Å². The first-order valence-electron chi connectivity index (χ1n) is 7.85. The van der Waals surface area contributed by atoms with Crippen molar-refractivity contribution in [2.24, 2.45) is 0 Å². The maximum atomic E-state index is 12.6. The van der Waals surface area contributed by atoms with E-state index in [-0.39, 0.29) is 10.8 Å². The molecule has 0 spiro atoms. The molecule has 0 aliphatic carbocycles. The van der Waals surface area contributed by atoms with Crippen LogP contribution < -0.4 is 4.72 Å². The van der Waals surface area contributed by atoms with Crippen LogP contribution in [-0.4, -0.2) is 38.9 Å². The van der Waals surface area contributed by atoms with Gasteiger partial charge < -0.3 is 4.90 Å². The van der Waals surface area contributed by atoms with Crippen molar-refractivity contribution in [2.45, 2.75) is 44.4 Å². The minimum atomic E-state index is -3.55. The number of nitrogens with one attached hydrogen (secondary N) is 1. The summed E-state index contributed by atoms with van der Waals surface area (Å²) in [6.45, 7) is 5.65. The van der Waals surface area contributed by atoms with E-state index in [0.717, 1.165) is 44.3 Å². The lowest BCUT2D eigenvalue weighted by Crippen LogP contribution is -2.36. The lowest BCUT2D eigenvalue weighted by atomic mass is 10.1. The van der Waals surface area contributed by atoms with Gasteiger partial charge in [0.1, 0.15) is 0 Å². The zero-order valence-corrected chi connectivity index (χ0v) is 14.1. The van der Waals surface area contributed by atoms with E-state index in [1.165, 1.54) is 6.07 Å². The van der Waals surface area contributed by atoms with Gasteiger partial charge in [-0.25, -0.2) is 13.1 Å². The standard InChI is InChI=1S/C16H24N2O3S/c1-3-9-17-22(20,21)14-8-7-13(2)15(12-14)16(19)18-10-5-4-6-11-18/h7-8,12,17H,3-6,9-11H2,1-2H3. The van der Waals surface area contributed by atoms with Gasteiger partial charge in [-0.05, 0) is 50.3 Å². The molecule has 1 aliphatic heterocycles. The molecule has 0 unspecified atom stereocenters. The topological polar surface area (TPSA) is 66.5 Å². The van der Waals surface area contributed by atoms with Gasteiger partial charge in [0.25, 0.3) is 5.91 Å². The van der Waals surface area contributed by atoms with Crippen molar-refractivity contribution in [3.05, 3.63) is 29.3 Å². The number of aryl methyl sites for hydroxylation is 1. The van der Waals surface area contributed by atoms with Crippen LogP contribution in [0.1, 0.15) is 48.5 Å². The van der Waals surface area contributed by atoms with E-state index in [9.17, 15) is 13.2 Å². The molecule has 0 saturated carbocycles. The molecule has 2 rings (SSSR count). The SMILES string of the molecule is CCCNS(=O)(=O)c1ccc(C)c(C(=O)N2CCCCC2)c1. The van der Waals surface area contributed by atoms with Gasteiger partial charge in [-0.15, -0.1) is 0 Å². The van der Waals surface area contributed by atoms with E-state index in [1.807, 2.05) is 18.7 Å². The fourth-order valence-corrected chi connectivity index (χ4v) is 3.75. The number of hydrogen-bond donors (Lipinski definition) is 1. The molecule has 6 heteroatoms. The van der Waals surface area contributed by atoms with E-state index in [4.69, 9.17) is 0 Å². The highest BCUT2D eigenvalue weighted by molar-refractivity contribution is 7.89. The minimum absolute atomic E-state index is 0.0651. The van der Waals surface area contributed by atoms with Crippen molar-refractivity contribution in [3.63, 3.8) is 0 Å². The third kappa shape index (κ3) is 3.87. The molecule has 0 atom stereocenters. The molecule has 22 heavy (non-hydrogen) atoms. The summed E-state index contributed by atoms with van der Waals surface area (Å²) in [6.07, 6.45) is 3.91. The van der Waals surface area contributed by atoms with Crippen LogP contribution in [0.4, 0.5) is 0 Å². The van der Waals surface area contributed by atoms with E-state index in [1.54, 1.807) is 12.1 Å². The molecular formula is C16H24N2O3S. The number of amides is 1. The molecule has 1 aromatic carbocycles. The van der Waals surface area contributed by atoms with E-state index < -0.39 is 10.0 Å². The number of likely N-dealkylation sites (tertiary alicyclic amines) is 1. The van der Waals surface area contributed by atoms with Crippen LogP contribution in [0.2, 0.25) is 0 Å². The molecule has 1 heterocycles. The molecule has 1 fully saturated rings. The molecule has 0 bridgehead atoms. The largest absolute Gasteiger partial charge is 0.339 e. The molecular weight excluding hydrogens is 300 g/mol. The number of hydrogen-bond acceptors (Lipinski definition) is 3. The zero-order chi connectivity index (χ0) is 16.2. The van der Waals surface area contributed by atoms with Crippen molar-refractivity contribution in [3.8, 4) is 0 Å². The summed E-state index contributed by atoms with van der Waals surface area (Å²) in [5.74, 6) is -0.0651. The Labute approximate surface area is 132 Å². The Kier molecular flexibility index (Phi) is 5.58. The second kappa shape index (κ2) is 7.24. The van der Waals surface area contributed by atoms with Gasteiger partial charge in [0.2, 0.25) is 10.0 Å². The summed E-state index contributed by atoms with van der Waals surface area (Å²) in [4.78, 5) is 14.6. The third-order valence-electron chi connectivity index (χ3n) is 3.94. The Morgan fingerprint density at radius 2 is 1.91 bits per heavy atom. The van der Waals surface area contributed by atoms with Gasteiger partial charge >= 0.3 is 0 Å². The Hall–Kier alpha value is -1.40. The average Bonchev–Trinajstić information content (AvgIpc) is 2.53. The van der Waals surface area contributed by atoms with Gasteiger partial charge in [-0.3, -0.25) is 4.79 Å². The van der Waals surface area contributed by atoms with Crippen LogP contribution in [0.25, 0.3) is 0 Å². The number of carbonyl (C=O) groups is 1. The first kappa shape index (κ1) is 17.0. The first-order valence-corrected chi connectivity index (χ1v) is 9.33. The molecule has 1 aliphatic rings. The number of rotatable bonds is 5.